The van der Waals surface area contributed by atoms with Gasteiger partial charge in [0.15, 0.2) is 0 Å². The highest BCUT2D eigenvalue weighted by atomic mass is 35.5. The van der Waals surface area contributed by atoms with Gasteiger partial charge in [-0.05, 0) is 23.6 Å². The molecule has 0 spiro atoms. The molecule has 4 N–H and O–H groups in total. The first-order valence-electron chi connectivity index (χ1n) is 9.84. The number of amides is 1. The number of aldehydes is 1. The molecule has 0 saturated carbocycles. The zero-order valence-corrected chi connectivity index (χ0v) is 20.6. The van der Waals surface area contributed by atoms with Crippen LogP contribution in [-0.2, 0) is 23.9 Å². The minimum atomic E-state index is -1.15. The molecule has 3 atom stereocenters. The summed E-state index contributed by atoms with van der Waals surface area (Å²) in [6.07, 6.45) is 5.68. The summed E-state index contributed by atoms with van der Waals surface area (Å²) in [4.78, 5) is 48.0. The Morgan fingerprint density at radius 1 is 1.39 bits per heavy atom. The second-order valence-corrected chi connectivity index (χ2v) is 9.88. The number of allylic oxidation sites excluding steroid dienone is 3. The normalized spacial score (nSPS) is 20.2. The van der Waals surface area contributed by atoms with E-state index >= 15 is 0 Å². The van der Waals surface area contributed by atoms with Crippen LogP contribution < -0.4 is 11.1 Å². The number of methoxy groups -OCH3 is 1. The smallest absolute Gasteiger partial charge is 0.327 e. The van der Waals surface area contributed by atoms with Gasteiger partial charge in [0.05, 0.1) is 13.2 Å². The molecule has 33 heavy (non-hydrogen) atoms. The van der Waals surface area contributed by atoms with E-state index in [1.54, 1.807) is 0 Å². The van der Waals surface area contributed by atoms with Crippen LogP contribution in [0.15, 0.2) is 47.6 Å². The Bertz CT molecular complexity index is 833. The van der Waals surface area contributed by atoms with Gasteiger partial charge in [0.1, 0.15) is 18.9 Å². The summed E-state index contributed by atoms with van der Waals surface area (Å²) in [5, 5.41) is 11.1. The SMILES string of the molecule is C=C/C(Cl)=C(\C=C)C(C(=O)OC)N1CCC(SSCC(N)C(=O)NCC(=O)O)/C(=C\C=O)C1. The second-order valence-electron chi connectivity index (χ2n) is 6.86. The van der Waals surface area contributed by atoms with Crippen molar-refractivity contribution in [3.8, 4) is 0 Å². The number of hydrogen-bond donors (Lipinski definition) is 3. The molecule has 1 saturated heterocycles. The van der Waals surface area contributed by atoms with Gasteiger partial charge in [-0.3, -0.25) is 19.3 Å². The average molecular weight is 518 g/mol. The molecule has 1 heterocycles. The summed E-state index contributed by atoms with van der Waals surface area (Å²) in [5.41, 5.74) is 7.07. The third-order valence-corrected chi connectivity index (χ3v) is 7.99. The number of hydrogen-bond acceptors (Lipinski definition) is 9. The van der Waals surface area contributed by atoms with Gasteiger partial charge in [0.2, 0.25) is 5.91 Å². The quantitative estimate of drug-likeness (QED) is 0.108. The molecule has 182 valence electrons. The van der Waals surface area contributed by atoms with Crippen LogP contribution in [0.1, 0.15) is 6.42 Å². The summed E-state index contributed by atoms with van der Waals surface area (Å²) < 4.78 is 4.97. The van der Waals surface area contributed by atoms with Crippen LogP contribution >= 0.6 is 33.2 Å². The molecule has 1 aliphatic rings. The van der Waals surface area contributed by atoms with Crippen molar-refractivity contribution in [1.29, 1.82) is 0 Å². The van der Waals surface area contributed by atoms with E-state index in [1.165, 1.54) is 46.9 Å². The highest BCUT2D eigenvalue weighted by Gasteiger charge is 2.35. The maximum atomic E-state index is 12.6. The van der Waals surface area contributed by atoms with E-state index in [9.17, 15) is 19.2 Å². The van der Waals surface area contributed by atoms with Gasteiger partial charge in [-0.15, -0.1) is 0 Å². The number of nitrogens with two attached hydrogens (primary N) is 1. The fourth-order valence-electron chi connectivity index (χ4n) is 3.07. The number of ether oxygens (including phenoxy) is 1. The lowest BCUT2D eigenvalue weighted by atomic mass is 9.98. The number of carboxylic acid groups (broad SMARTS) is 1. The van der Waals surface area contributed by atoms with Gasteiger partial charge in [-0.2, -0.15) is 0 Å². The number of rotatable bonds is 13. The third kappa shape index (κ3) is 9.01. The number of aliphatic carboxylic acids is 1. The van der Waals surface area contributed by atoms with Crippen LogP contribution in [0.25, 0.3) is 0 Å². The second kappa shape index (κ2) is 15.0. The Kier molecular flexibility index (Phi) is 13.1. The van der Waals surface area contributed by atoms with Crippen molar-refractivity contribution in [3.05, 3.63) is 47.6 Å². The van der Waals surface area contributed by atoms with Crippen LogP contribution in [0.5, 0.6) is 0 Å². The number of carbonyl (C=O) groups is 4. The maximum absolute atomic E-state index is 12.6. The number of nitrogens with one attached hydrogen (secondary N) is 1. The summed E-state index contributed by atoms with van der Waals surface area (Å²) in [7, 11) is 4.11. The Hall–Kier alpha value is -2.05. The predicted molar refractivity (Wildman–Crippen MR) is 132 cm³/mol. The van der Waals surface area contributed by atoms with Crippen LogP contribution in [0.3, 0.4) is 0 Å². The molecule has 1 fully saturated rings. The molecule has 0 aromatic heterocycles. The van der Waals surface area contributed by atoms with Crippen LogP contribution in [0.4, 0.5) is 0 Å². The van der Waals surface area contributed by atoms with E-state index in [1.807, 2.05) is 4.90 Å². The number of likely N-dealkylation sites (tertiary alicyclic amines) is 1. The van der Waals surface area contributed by atoms with E-state index in [2.05, 4.69) is 18.5 Å². The molecule has 0 aliphatic carbocycles. The topological polar surface area (TPSA) is 139 Å². The molecule has 9 nitrogen and oxygen atoms in total. The van der Waals surface area contributed by atoms with Crippen molar-refractivity contribution >= 4 is 57.3 Å². The molecule has 0 aromatic rings. The number of esters is 1. The number of nitrogens with zero attached hydrogens (tertiary/aromatic N) is 1. The first kappa shape index (κ1) is 29.0. The molecule has 1 amide bonds. The number of carboxylic acids is 1. The molecule has 12 heteroatoms. The van der Waals surface area contributed by atoms with Crippen LogP contribution in [0.2, 0.25) is 0 Å². The van der Waals surface area contributed by atoms with Crippen LogP contribution in [0, 0.1) is 0 Å². The van der Waals surface area contributed by atoms with Crippen molar-refractivity contribution in [2.24, 2.45) is 5.73 Å². The Morgan fingerprint density at radius 3 is 2.64 bits per heavy atom. The Balaban J connectivity index is 2.87. The Morgan fingerprint density at radius 2 is 2.09 bits per heavy atom. The highest BCUT2D eigenvalue weighted by molar-refractivity contribution is 8.77. The molecular formula is C21H28ClN3O6S2. The van der Waals surface area contributed by atoms with Crippen LogP contribution in [-0.4, -0.2) is 84.0 Å². The fourth-order valence-corrected chi connectivity index (χ4v) is 6.10. The predicted octanol–water partition coefficient (Wildman–Crippen LogP) is 1.50. The average Bonchev–Trinajstić information content (AvgIpc) is 2.80. The van der Waals surface area contributed by atoms with E-state index in [0.717, 1.165) is 5.57 Å². The van der Waals surface area contributed by atoms with Gasteiger partial charge in [0, 0.05) is 29.1 Å². The summed E-state index contributed by atoms with van der Waals surface area (Å²) in [6, 6.07) is -1.68. The molecular weight excluding hydrogens is 490 g/mol. The van der Waals surface area contributed by atoms with Gasteiger partial charge in [-0.25, -0.2) is 4.79 Å². The first-order chi connectivity index (χ1) is 15.7. The highest BCUT2D eigenvalue weighted by Crippen LogP contribution is 2.37. The third-order valence-electron chi connectivity index (χ3n) is 4.70. The summed E-state index contributed by atoms with van der Waals surface area (Å²) in [6.45, 7) is 7.73. The van der Waals surface area contributed by atoms with E-state index in [-0.39, 0.29) is 16.0 Å². The van der Waals surface area contributed by atoms with Crippen molar-refractivity contribution in [1.82, 2.24) is 10.2 Å². The molecule has 0 radical (unpaired) electrons. The zero-order chi connectivity index (χ0) is 25.0. The molecule has 1 rings (SSSR count). The minimum Gasteiger partial charge on any atom is -0.480 e. The zero-order valence-electron chi connectivity index (χ0n) is 18.2. The number of carbonyl (C=O) groups excluding carboxylic acids is 3. The van der Waals surface area contributed by atoms with Crippen molar-refractivity contribution in [3.63, 3.8) is 0 Å². The summed E-state index contributed by atoms with van der Waals surface area (Å²) >= 11 is 6.24. The number of piperidine rings is 1. The van der Waals surface area contributed by atoms with Gasteiger partial charge < -0.3 is 20.9 Å². The van der Waals surface area contributed by atoms with E-state index < -0.39 is 36.5 Å². The molecule has 3 unspecified atom stereocenters. The maximum Gasteiger partial charge on any atom is 0.327 e. The monoisotopic (exact) mass is 517 g/mol. The molecule has 0 aromatic carbocycles. The van der Waals surface area contributed by atoms with Crippen molar-refractivity contribution in [2.75, 3.05) is 32.5 Å². The van der Waals surface area contributed by atoms with Gasteiger partial charge >= 0.3 is 11.9 Å². The first-order valence-corrected chi connectivity index (χ1v) is 12.6. The lowest BCUT2D eigenvalue weighted by molar-refractivity contribution is -0.145. The fraction of sp³-hybridized carbons (Fsp3) is 0.429. The molecule has 1 aliphatic heterocycles. The van der Waals surface area contributed by atoms with Gasteiger partial charge in [-0.1, -0.05) is 58.5 Å². The van der Waals surface area contributed by atoms with Gasteiger partial charge in [0.25, 0.3) is 0 Å². The number of halogens is 1. The van der Waals surface area contributed by atoms with E-state index in [0.29, 0.717) is 31.4 Å². The van der Waals surface area contributed by atoms with Crippen molar-refractivity contribution in [2.45, 2.75) is 23.8 Å². The largest absolute Gasteiger partial charge is 0.480 e. The van der Waals surface area contributed by atoms with E-state index in [4.69, 9.17) is 27.2 Å². The molecule has 0 bridgehead atoms. The Labute approximate surface area is 205 Å². The lowest BCUT2D eigenvalue weighted by Crippen LogP contribution is -2.48. The lowest BCUT2D eigenvalue weighted by Gasteiger charge is -2.38. The van der Waals surface area contributed by atoms with Crippen molar-refractivity contribution < 1.29 is 29.0 Å². The standard InChI is InChI=1S/C21H28ClN3O6S2/c1-4-14(15(22)5-2)19(21(30)31-3)25-8-6-17(13(11-25)7-9-26)33-32-12-16(23)20(29)24-10-18(27)28/h4-5,7,9,16-17,19H,1-2,6,8,10-12,23H2,3H3,(H,24,29)(H,27,28)/b13-7-,15-14-. The minimum absolute atomic E-state index is 0.0462. The summed E-state index contributed by atoms with van der Waals surface area (Å²) in [5.74, 6) is -1.95.